The van der Waals surface area contributed by atoms with Gasteiger partial charge >= 0.3 is 0 Å². The monoisotopic (exact) mass is 394 g/mol. The van der Waals surface area contributed by atoms with E-state index in [2.05, 4.69) is 15.0 Å². The van der Waals surface area contributed by atoms with Crippen molar-refractivity contribution in [3.8, 4) is 11.4 Å². The molecule has 0 saturated heterocycles. The van der Waals surface area contributed by atoms with Crippen molar-refractivity contribution >= 4 is 40.1 Å². The number of fused-ring (bicyclic) bond motifs is 1. The van der Waals surface area contributed by atoms with Crippen LogP contribution in [0.25, 0.3) is 22.4 Å². The molecule has 3 aromatic carbocycles. The van der Waals surface area contributed by atoms with Crippen molar-refractivity contribution in [1.82, 2.24) is 9.97 Å². The molecule has 0 aliphatic rings. The molecule has 0 spiro atoms. The van der Waals surface area contributed by atoms with E-state index in [9.17, 15) is 0 Å². The number of aromatic amines is 1. The molecular formula is C21H16Cl2N4. The van der Waals surface area contributed by atoms with Crippen LogP contribution in [-0.2, 0) is 6.54 Å². The van der Waals surface area contributed by atoms with Crippen LogP contribution in [0.2, 0.25) is 10.0 Å². The number of rotatable bonds is 4. The third kappa shape index (κ3) is 3.82. The SMILES string of the molecule is NC(=NCc1ccccc1)c1ccc2nc(-c3ccc(Cl)c(Cl)c3)[nH]c2c1. The van der Waals surface area contributed by atoms with Crippen LogP contribution in [0.5, 0.6) is 0 Å². The highest BCUT2D eigenvalue weighted by molar-refractivity contribution is 6.42. The van der Waals surface area contributed by atoms with E-state index < -0.39 is 0 Å². The number of nitrogens with one attached hydrogen (secondary N) is 1. The van der Waals surface area contributed by atoms with Gasteiger partial charge in [0.1, 0.15) is 11.7 Å². The topological polar surface area (TPSA) is 67.1 Å². The first-order valence-corrected chi connectivity index (χ1v) is 9.15. The summed E-state index contributed by atoms with van der Waals surface area (Å²) in [4.78, 5) is 12.4. The summed E-state index contributed by atoms with van der Waals surface area (Å²) >= 11 is 12.1. The van der Waals surface area contributed by atoms with Crippen molar-refractivity contribution in [1.29, 1.82) is 0 Å². The van der Waals surface area contributed by atoms with Gasteiger partial charge in [0.25, 0.3) is 0 Å². The fraction of sp³-hybridized carbons (Fsp3) is 0.0476. The Hall–Kier alpha value is -2.82. The first kappa shape index (κ1) is 17.6. The number of aliphatic imine (C=N–C) groups is 1. The molecule has 0 radical (unpaired) electrons. The molecule has 0 saturated carbocycles. The first-order valence-electron chi connectivity index (χ1n) is 8.39. The smallest absolute Gasteiger partial charge is 0.138 e. The lowest BCUT2D eigenvalue weighted by molar-refractivity contribution is 1.06. The van der Waals surface area contributed by atoms with Gasteiger partial charge in [0, 0.05) is 11.1 Å². The Morgan fingerprint density at radius 2 is 1.78 bits per heavy atom. The third-order valence-electron chi connectivity index (χ3n) is 4.25. The predicted molar refractivity (Wildman–Crippen MR) is 112 cm³/mol. The van der Waals surface area contributed by atoms with Crippen molar-refractivity contribution in [2.24, 2.45) is 10.7 Å². The van der Waals surface area contributed by atoms with Crippen LogP contribution in [0.1, 0.15) is 11.1 Å². The summed E-state index contributed by atoms with van der Waals surface area (Å²) in [7, 11) is 0. The molecule has 3 N–H and O–H groups in total. The molecule has 27 heavy (non-hydrogen) atoms. The van der Waals surface area contributed by atoms with E-state index in [1.54, 1.807) is 12.1 Å². The number of amidine groups is 1. The zero-order valence-corrected chi connectivity index (χ0v) is 15.8. The molecule has 0 aliphatic carbocycles. The van der Waals surface area contributed by atoms with Gasteiger partial charge in [-0.3, -0.25) is 4.99 Å². The number of hydrogen-bond acceptors (Lipinski definition) is 2. The van der Waals surface area contributed by atoms with Gasteiger partial charge in [0.2, 0.25) is 0 Å². The molecule has 0 atom stereocenters. The van der Waals surface area contributed by atoms with E-state index in [-0.39, 0.29) is 0 Å². The maximum atomic E-state index is 6.17. The number of imidazole rings is 1. The summed E-state index contributed by atoms with van der Waals surface area (Å²) in [5.74, 6) is 1.21. The standard InChI is InChI=1S/C21H16Cl2N4/c22-16-8-6-15(10-17(16)23)21-26-18-9-7-14(11-19(18)27-21)20(24)25-12-13-4-2-1-3-5-13/h1-11H,12H2,(H2,24,25)(H,26,27). The van der Waals surface area contributed by atoms with Gasteiger partial charge in [-0.15, -0.1) is 0 Å². The maximum Gasteiger partial charge on any atom is 0.138 e. The summed E-state index contributed by atoms with van der Waals surface area (Å²) in [5, 5.41) is 1.01. The summed E-state index contributed by atoms with van der Waals surface area (Å²) in [6.07, 6.45) is 0. The summed E-state index contributed by atoms with van der Waals surface area (Å²) in [6.45, 7) is 0.544. The maximum absolute atomic E-state index is 6.17. The normalized spacial score (nSPS) is 11.9. The van der Waals surface area contributed by atoms with Gasteiger partial charge < -0.3 is 10.7 Å². The molecule has 6 heteroatoms. The number of H-pyrrole nitrogens is 1. The molecular weight excluding hydrogens is 379 g/mol. The largest absolute Gasteiger partial charge is 0.383 e. The van der Waals surface area contributed by atoms with E-state index in [0.717, 1.165) is 33.5 Å². The molecule has 1 aromatic heterocycles. The number of benzene rings is 3. The second-order valence-electron chi connectivity index (χ2n) is 6.13. The Balaban J connectivity index is 1.63. The van der Waals surface area contributed by atoms with Crippen LogP contribution in [0, 0.1) is 0 Å². The number of aromatic nitrogens is 2. The van der Waals surface area contributed by atoms with E-state index >= 15 is 0 Å². The summed E-state index contributed by atoms with van der Waals surface area (Å²) in [6, 6.07) is 21.2. The molecule has 4 nitrogen and oxygen atoms in total. The van der Waals surface area contributed by atoms with Gasteiger partial charge in [-0.1, -0.05) is 53.5 Å². The minimum absolute atomic E-state index is 0.492. The van der Waals surface area contributed by atoms with E-state index in [1.165, 1.54) is 0 Å². The minimum atomic E-state index is 0.492. The molecule has 0 amide bonds. The van der Waals surface area contributed by atoms with Crippen LogP contribution in [0.3, 0.4) is 0 Å². The highest BCUT2D eigenvalue weighted by Gasteiger charge is 2.09. The average Bonchev–Trinajstić information content (AvgIpc) is 3.12. The van der Waals surface area contributed by atoms with Crippen molar-refractivity contribution < 1.29 is 0 Å². The summed E-state index contributed by atoms with van der Waals surface area (Å²) < 4.78 is 0. The summed E-state index contributed by atoms with van der Waals surface area (Å²) in [5.41, 5.74) is 10.7. The second kappa shape index (κ2) is 7.43. The quantitative estimate of drug-likeness (QED) is 0.357. The molecule has 4 aromatic rings. The van der Waals surface area contributed by atoms with E-state index in [1.807, 2.05) is 54.6 Å². The fourth-order valence-electron chi connectivity index (χ4n) is 2.80. The van der Waals surface area contributed by atoms with E-state index in [0.29, 0.717) is 22.4 Å². The lowest BCUT2D eigenvalue weighted by atomic mass is 10.2. The Morgan fingerprint density at radius 3 is 2.56 bits per heavy atom. The number of halogens is 2. The average molecular weight is 395 g/mol. The van der Waals surface area contributed by atoms with Crippen molar-refractivity contribution in [2.75, 3.05) is 0 Å². The minimum Gasteiger partial charge on any atom is -0.383 e. The Kier molecular flexibility index (Phi) is 4.84. The lowest BCUT2D eigenvalue weighted by Gasteiger charge is -2.02. The van der Waals surface area contributed by atoms with Gasteiger partial charge in [-0.2, -0.15) is 0 Å². The molecule has 4 rings (SSSR count). The molecule has 0 unspecified atom stereocenters. The highest BCUT2D eigenvalue weighted by atomic mass is 35.5. The van der Waals surface area contributed by atoms with Crippen LogP contribution in [0.4, 0.5) is 0 Å². The van der Waals surface area contributed by atoms with Crippen molar-refractivity contribution in [3.63, 3.8) is 0 Å². The van der Waals surface area contributed by atoms with Crippen LogP contribution in [-0.4, -0.2) is 15.8 Å². The Bertz CT molecular complexity index is 1130. The van der Waals surface area contributed by atoms with Crippen LogP contribution >= 0.6 is 23.2 Å². The molecule has 134 valence electrons. The highest BCUT2D eigenvalue weighted by Crippen LogP contribution is 2.28. The number of hydrogen-bond donors (Lipinski definition) is 2. The molecule has 1 heterocycles. The van der Waals surface area contributed by atoms with Crippen LogP contribution < -0.4 is 5.73 Å². The number of nitrogens with zero attached hydrogens (tertiary/aromatic N) is 2. The number of nitrogens with two attached hydrogens (primary N) is 1. The Labute approximate surface area is 166 Å². The van der Waals surface area contributed by atoms with Gasteiger partial charge in [-0.05, 0) is 42.0 Å². The fourth-order valence-corrected chi connectivity index (χ4v) is 3.10. The lowest BCUT2D eigenvalue weighted by Crippen LogP contribution is -2.13. The molecule has 0 bridgehead atoms. The molecule has 0 aliphatic heterocycles. The van der Waals surface area contributed by atoms with Gasteiger partial charge in [0.15, 0.2) is 0 Å². The van der Waals surface area contributed by atoms with Gasteiger partial charge in [0.05, 0.1) is 27.6 Å². The van der Waals surface area contributed by atoms with Gasteiger partial charge in [-0.25, -0.2) is 4.98 Å². The predicted octanol–water partition coefficient (Wildman–Crippen LogP) is 5.44. The Morgan fingerprint density at radius 1 is 0.963 bits per heavy atom. The molecule has 0 fully saturated rings. The third-order valence-corrected chi connectivity index (χ3v) is 4.98. The van der Waals surface area contributed by atoms with Crippen LogP contribution in [0.15, 0.2) is 71.7 Å². The second-order valence-corrected chi connectivity index (χ2v) is 6.95. The zero-order chi connectivity index (χ0) is 18.8. The first-order chi connectivity index (χ1) is 13.1. The van der Waals surface area contributed by atoms with Crippen molar-refractivity contribution in [2.45, 2.75) is 6.54 Å². The van der Waals surface area contributed by atoms with E-state index in [4.69, 9.17) is 28.9 Å². The zero-order valence-electron chi connectivity index (χ0n) is 14.3. The van der Waals surface area contributed by atoms with Crippen molar-refractivity contribution in [3.05, 3.63) is 87.9 Å².